The SMILES string of the molecule is Cc1nccn1CCN1CCc2[nH]nc(-c3ccc(-c4ccccc4)cc3)c2C1. The lowest BCUT2D eigenvalue weighted by atomic mass is 9.98. The van der Waals surface area contributed by atoms with Gasteiger partial charge in [0.05, 0.1) is 5.69 Å². The van der Waals surface area contributed by atoms with Crippen LogP contribution in [0.15, 0.2) is 67.0 Å². The van der Waals surface area contributed by atoms with Crippen molar-refractivity contribution in [3.05, 3.63) is 84.1 Å². The predicted octanol–water partition coefficient (Wildman–Crippen LogP) is 4.31. The van der Waals surface area contributed by atoms with Crippen LogP contribution in [0.3, 0.4) is 0 Å². The molecule has 0 bridgehead atoms. The van der Waals surface area contributed by atoms with Crippen molar-refractivity contribution >= 4 is 0 Å². The molecule has 4 aromatic rings. The largest absolute Gasteiger partial charge is 0.334 e. The minimum Gasteiger partial charge on any atom is -0.334 e. The van der Waals surface area contributed by atoms with E-state index in [0.717, 1.165) is 44.1 Å². The highest BCUT2D eigenvalue weighted by Gasteiger charge is 2.22. The van der Waals surface area contributed by atoms with Crippen molar-refractivity contribution in [2.24, 2.45) is 0 Å². The number of imidazole rings is 1. The van der Waals surface area contributed by atoms with Gasteiger partial charge < -0.3 is 4.57 Å². The summed E-state index contributed by atoms with van der Waals surface area (Å²) in [7, 11) is 0. The molecule has 0 unspecified atom stereocenters. The molecule has 0 radical (unpaired) electrons. The van der Waals surface area contributed by atoms with Crippen LogP contribution in [-0.4, -0.2) is 37.7 Å². The van der Waals surface area contributed by atoms with Gasteiger partial charge in [0.25, 0.3) is 0 Å². The first-order valence-electron chi connectivity index (χ1n) is 10.2. The van der Waals surface area contributed by atoms with E-state index in [1.165, 1.54) is 27.9 Å². The molecule has 2 aromatic carbocycles. The molecular formula is C24H25N5. The standard InChI is InChI=1S/C24H25N5/c1-18-25-12-14-29(18)16-15-28-13-11-23-22(17-28)24(27-26-23)21-9-7-20(8-10-21)19-5-3-2-4-6-19/h2-10,12,14H,11,13,15-17H2,1H3,(H,26,27). The molecule has 0 amide bonds. The fourth-order valence-corrected chi connectivity index (χ4v) is 4.12. The number of rotatable bonds is 5. The van der Waals surface area contributed by atoms with Gasteiger partial charge in [0, 0.05) is 61.8 Å². The van der Waals surface area contributed by atoms with Gasteiger partial charge in [0.15, 0.2) is 0 Å². The molecule has 5 nitrogen and oxygen atoms in total. The molecule has 1 N–H and O–H groups in total. The first kappa shape index (κ1) is 17.9. The zero-order chi connectivity index (χ0) is 19.6. The number of benzene rings is 2. The van der Waals surface area contributed by atoms with Crippen LogP contribution in [0, 0.1) is 6.92 Å². The van der Waals surface area contributed by atoms with E-state index in [1.807, 2.05) is 12.3 Å². The number of H-pyrrole nitrogens is 1. The third kappa shape index (κ3) is 3.61. The van der Waals surface area contributed by atoms with E-state index in [4.69, 9.17) is 0 Å². The number of aromatic nitrogens is 4. The topological polar surface area (TPSA) is 49.7 Å². The summed E-state index contributed by atoms with van der Waals surface area (Å²) in [6.07, 6.45) is 4.95. The second kappa shape index (κ2) is 7.68. The van der Waals surface area contributed by atoms with Gasteiger partial charge in [-0.25, -0.2) is 4.98 Å². The van der Waals surface area contributed by atoms with Crippen LogP contribution in [-0.2, 0) is 19.5 Å². The van der Waals surface area contributed by atoms with E-state index in [-0.39, 0.29) is 0 Å². The molecule has 0 aliphatic carbocycles. The lowest BCUT2D eigenvalue weighted by Crippen LogP contribution is -2.33. The Bertz CT molecular complexity index is 1090. The monoisotopic (exact) mass is 383 g/mol. The lowest BCUT2D eigenvalue weighted by molar-refractivity contribution is 0.243. The molecular weight excluding hydrogens is 358 g/mol. The van der Waals surface area contributed by atoms with Crippen LogP contribution < -0.4 is 0 Å². The Balaban J connectivity index is 1.33. The molecule has 0 fully saturated rings. The minimum absolute atomic E-state index is 0.940. The molecule has 0 spiro atoms. The Labute approximate surface area is 171 Å². The molecule has 146 valence electrons. The van der Waals surface area contributed by atoms with Gasteiger partial charge in [-0.2, -0.15) is 5.10 Å². The van der Waals surface area contributed by atoms with E-state index in [0.29, 0.717) is 0 Å². The molecule has 0 atom stereocenters. The zero-order valence-corrected chi connectivity index (χ0v) is 16.7. The molecule has 1 aliphatic rings. The van der Waals surface area contributed by atoms with Gasteiger partial charge in [-0.1, -0.05) is 54.6 Å². The van der Waals surface area contributed by atoms with Crippen LogP contribution in [0.1, 0.15) is 17.1 Å². The summed E-state index contributed by atoms with van der Waals surface area (Å²) >= 11 is 0. The number of nitrogens with zero attached hydrogens (tertiary/aromatic N) is 4. The van der Waals surface area contributed by atoms with Crippen LogP contribution in [0.5, 0.6) is 0 Å². The van der Waals surface area contributed by atoms with Gasteiger partial charge in [0.2, 0.25) is 0 Å². The van der Waals surface area contributed by atoms with E-state index in [9.17, 15) is 0 Å². The second-order valence-corrected chi connectivity index (χ2v) is 7.67. The zero-order valence-electron chi connectivity index (χ0n) is 16.7. The molecule has 3 heterocycles. The Morgan fingerprint density at radius 1 is 0.931 bits per heavy atom. The summed E-state index contributed by atoms with van der Waals surface area (Å²) in [4.78, 5) is 6.83. The van der Waals surface area contributed by atoms with Gasteiger partial charge in [-0.15, -0.1) is 0 Å². The maximum atomic E-state index is 4.66. The van der Waals surface area contributed by atoms with Crippen molar-refractivity contribution in [3.8, 4) is 22.4 Å². The summed E-state index contributed by atoms with van der Waals surface area (Å²) in [5.41, 5.74) is 7.35. The number of aryl methyl sites for hydroxylation is 1. The van der Waals surface area contributed by atoms with Crippen LogP contribution in [0.25, 0.3) is 22.4 Å². The van der Waals surface area contributed by atoms with E-state index in [1.54, 1.807) is 0 Å². The average Bonchev–Trinajstić information content (AvgIpc) is 3.38. The van der Waals surface area contributed by atoms with Crippen LogP contribution in [0.4, 0.5) is 0 Å². The Kier molecular flexibility index (Phi) is 4.74. The second-order valence-electron chi connectivity index (χ2n) is 7.67. The third-order valence-corrected chi connectivity index (χ3v) is 5.86. The predicted molar refractivity (Wildman–Crippen MR) is 115 cm³/mol. The number of nitrogens with one attached hydrogen (secondary N) is 1. The van der Waals surface area contributed by atoms with Crippen molar-refractivity contribution in [2.75, 3.05) is 13.1 Å². The molecule has 1 aliphatic heterocycles. The molecule has 5 rings (SSSR count). The highest BCUT2D eigenvalue weighted by molar-refractivity contribution is 5.70. The molecule has 5 heteroatoms. The molecule has 29 heavy (non-hydrogen) atoms. The van der Waals surface area contributed by atoms with Gasteiger partial charge >= 0.3 is 0 Å². The van der Waals surface area contributed by atoms with Gasteiger partial charge in [-0.3, -0.25) is 10.00 Å². The number of aromatic amines is 1. The van der Waals surface area contributed by atoms with E-state index in [2.05, 4.69) is 86.3 Å². The minimum atomic E-state index is 0.940. The first-order valence-corrected chi connectivity index (χ1v) is 10.2. The Morgan fingerprint density at radius 2 is 1.69 bits per heavy atom. The number of fused-ring (bicyclic) bond motifs is 1. The maximum Gasteiger partial charge on any atom is 0.105 e. The van der Waals surface area contributed by atoms with Crippen molar-refractivity contribution in [3.63, 3.8) is 0 Å². The first-order chi connectivity index (χ1) is 14.3. The van der Waals surface area contributed by atoms with Gasteiger partial charge in [0.1, 0.15) is 5.82 Å². The highest BCUT2D eigenvalue weighted by Crippen LogP contribution is 2.30. The van der Waals surface area contributed by atoms with Crippen LogP contribution >= 0.6 is 0 Å². The van der Waals surface area contributed by atoms with E-state index < -0.39 is 0 Å². The number of hydrogen-bond acceptors (Lipinski definition) is 3. The average molecular weight is 383 g/mol. The van der Waals surface area contributed by atoms with Crippen molar-refractivity contribution in [1.82, 2.24) is 24.6 Å². The summed E-state index contributed by atoms with van der Waals surface area (Å²) in [6, 6.07) is 19.2. The normalized spacial score (nSPS) is 14.1. The van der Waals surface area contributed by atoms with Gasteiger partial charge in [-0.05, 0) is 18.1 Å². The number of hydrogen-bond donors (Lipinski definition) is 1. The molecule has 2 aromatic heterocycles. The smallest absolute Gasteiger partial charge is 0.105 e. The van der Waals surface area contributed by atoms with Crippen molar-refractivity contribution in [2.45, 2.75) is 26.4 Å². The van der Waals surface area contributed by atoms with Crippen molar-refractivity contribution < 1.29 is 0 Å². The van der Waals surface area contributed by atoms with E-state index >= 15 is 0 Å². The quantitative estimate of drug-likeness (QED) is 0.559. The van der Waals surface area contributed by atoms with Crippen LogP contribution in [0.2, 0.25) is 0 Å². The summed E-state index contributed by atoms with van der Waals surface area (Å²) in [5, 5.41) is 7.94. The summed E-state index contributed by atoms with van der Waals surface area (Å²) in [6.45, 7) is 6.06. The summed E-state index contributed by atoms with van der Waals surface area (Å²) < 4.78 is 2.22. The molecule has 0 saturated heterocycles. The maximum absolute atomic E-state index is 4.66. The fraction of sp³-hybridized carbons (Fsp3) is 0.250. The Morgan fingerprint density at radius 3 is 2.45 bits per heavy atom. The summed E-state index contributed by atoms with van der Waals surface area (Å²) in [5.74, 6) is 1.07. The highest BCUT2D eigenvalue weighted by atomic mass is 15.2. The lowest BCUT2D eigenvalue weighted by Gasteiger charge is -2.27. The third-order valence-electron chi connectivity index (χ3n) is 5.86. The Hall–Kier alpha value is -3.18. The molecule has 0 saturated carbocycles. The van der Waals surface area contributed by atoms with Crippen molar-refractivity contribution in [1.29, 1.82) is 0 Å². The fourth-order valence-electron chi connectivity index (χ4n) is 4.12.